The van der Waals surface area contributed by atoms with Crippen molar-refractivity contribution in [1.29, 1.82) is 5.26 Å². The molecule has 0 aliphatic heterocycles. The Hall–Kier alpha value is -7.35. The van der Waals surface area contributed by atoms with Crippen LogP contribution in [0.2, 0.25) is 0 Å². The van der Waals surface area contributed by atoms with Crippen molar-refractivity contribution in [3.8, 4) is 34.3 Å². The molecule has 0 bridgehead atoms. The predicted octanol–water partition coefficient (Wildman–Crippen LogP) is 12.5. The van der Waals surface area contributed by atoms with E-state index in [0.29, 0.717) is 5.56 Å². The molecule has 4 nitrogen and oxygen atoms in total. The Kier molecular flexibility index (Phi) is 6.28. The molecule has 0 unspecified atom stereocenters. The number of nitriles is 1. The molecule has 0 saturated heterocycles. The molecule has 0 aliphatic carbocycles. The topological polar surface area (TPSA) is 38.6 Å². The number of aromatic nitrogens is 3. The van der Waals surface area contributed by atoms with Gasteiger partial charge in [-0.2, -0.15) is 5.26 Å². The third-order valence-corrected chi connectivity index (χ3v) is 10.9. The monoisotopic (exact) mass is 674 g/mol. The second kappa shape index (κ2) is 11.3. The number of hydrogen-bond acceptors (Lipinski definition) is 1. The molecule has 11 rings (SSSR count). The lowest BCUT2D eigenvalue weighted by molar-refractivity contribution is 1.10. The van der Waals surface area contributed by atoms with Crippen molar-refractivity contribution in [3.05, 3.63) is 188 Å². The zero-order valence-electron chi connectivity index (χ0n) is 28.6. The summed E-state index contributed by atoms with van der Waals surface area (Å²) in [6, 6.07) is 67.3. The van der Waals surface area contributed by atoms with Crippen molar-refractivity contribution in [3.63, 3.8) is 0 Å². The van der Waals surface area contributed by atoms with Gasteiger partial charge in [0.05, 0.1) is 61.8 Å². The first-order chi connectivity index (χ1) is 26.3. The molecule has 0 saturated carbocycles. The second-order valence-corrected chi connectivity index (χ2v) is 13.7. The third kappa shape index (κ3) is 4.22. The Morgan fingerprint density at radius 1 is 0.340 bits per heavy atom. The Bertz CT molecular complexity index is 3000. The molecule has 0 N–H and O–H groups in total. The van der Waals surface area contributed by atoms with Crippen molar-refractivity contribution in [1.82, 2.24) is 13.7 Å². The molecule has 3 aromatic heterocycles. The van der Waals surface area contributed by atoms with Gasteiger partial charge in [-0.3, -0.25) is 0 Å². The normalized spacial score (nSPS) is 11.8. The fourth-order valence-corrected chi connectivity index (χ4v) is 8.65. The minimum absolute atomic E-state index is 0.632. The summed E-state index contributed by atoms with van der Waals surface area (Å²) in [4.78, 5) is 0. The molecule has 11 aromatic rings. The summed E-state index contributed by atoms with van der Waals surface area (Å²) in [7, 11) is 0. The highest BCUT2D eigenvalue weighted by Gasteiger charge is 2.24. The Labute approximate surface area is 305 Å². The van der Waals surface area contributed by atoms with E-state index < -0.39 is 0 Å². The highest BCUT2D eigenvalue weighted by molar-refractivity contribution is 6.13. The third-order valence-electron chi connectivity index (χ3n) is 10.9. The molecule has 0 aliphatic rings. The van der Waals surface area contributed by atoms with Gasteiger partial charge < -0.3 is 13.7 Å². The van der Waals surface area contributed by atoms with Crippen LogP contribution in [0.5, 0.6) is 0 Å². The quantitative estimate of drug-likeness (QED) is 0.183. The summed E-state index contributed by atoms with van der Waals surface area (Å²) >= 11 is 0. The number of hydrogen-bond donors (Lipinski definition) is 0. The van der Waals surface area contributed by atoms with Crippen LogP contribution in [0.3, 0.4) is 0 Å². The molecule has 0 amide bonds. The van der Waals surface area contributed by atoms with Gasteiger partial charge in [0.2, 0.25) is 0 Å². The van der Waals surface area contributed by atoms with Crippen molar-refractivity contribution < 1.29 is 0 Å². The summed E-state index contributed by atoms with van der Waals surface area (Å²) < 4.78 is 7.29. The lowest BCUT2D eigenvalue weighted by atomic mass is 9.98. The first-order valence-corrected chi connectivity index (χ1v) is 17.9. The maximum atomic E-state index is 9.84. The molecule has 8 aromatic carbocycles. The van der Waals surface area contributed by atoms with E-state index in [0.717, 1.165) is 61.3 Å². The van der Waals surface area contributed by atoms with Gasteiger partial charge in [0, 0.05) is 37.9 Å². The molecule has 53 heavy (non-hydrogen) atoms. The summed E-state index contributed by atoms with van der Waals surface area (Å²) in [5, 5.41) is 17.1. The highest BCUT2D eigenvalue weighted by Crippen LogP contribution is 2.44. The van der Waals surface area contributed by atoms with E-state index in [1.165, 1.54) is 32.3 Å². The van der Waals surface area contributed by atoms with Crippen LogP contribution >= 0.6 is 0 Å². The fraction of sp³-hybridized carbons (Fsp3) is 0. The molecule has 0 radical (unpaired) electrons. The van der Waals surface area contributed by atoms with Crippen LogP contribution in [-0.4, -0.2) is 13.7 Å². The summed E-state index contributed by atoms with van der Waals surface area (Å²) in [5.74, 6) is 0. The molecular formula is C49H30N4. The maximum Gasteiger partial charge on any atom is 0.0991 e. The van der Waals surface area contributed by atoms with E-state index in [1.54, 1.807) is 0 Å². The lowest BCUT2D eigenvalue weighted by Crippen LogP contribution is -2.07. The Morgan fingerprint density at radius 3 is 0.962 bits per heavy atom. The number of nitrogens with zero attached hydrogens (tertiary/aromatic N) is 4. The molecule has 0 spiro atoms. The summed E-state index contributed by atoms with van der Waals surface area (Å²) in [5.41, 5.74) is 12.8. The molecule has 0 atom stereocenters. The van der Waals surface area contributed by atoms with Crippen LogP contribution in [0, 0.1) is 11.3 Å². The SMILES string of the molecule is N#Cc1ccc(-c2c(-n3c4ccccc4c4ccccc43)cc(-n3c4ccccc4c4ccccc43)cc2-n2c3ccccc3c3ccccc32)cc1. The Balaban J connectivity index is 1.39. The number of fused-ring (bicyclic) bond motifs is 9. The number of benzene rings is 8. The minimum atomic E-state index is 0.632. The van der Waals surface area contributed by atoms with Crippen molar-refractivity contribution in [2.45, 2.75) is 0 Å². The van der Waals surface area contributed by atoms with Crippen LogP contribution in [0.4, 0.5) is 0 Å². The molecule has 0 fully saturated rings. The zero-order chi connectivity index (χ0) is 35.0. The van der Waals surface area contributed by atoms with Gasteiger partial charge in [-0.15, -0.1) is 0 Å². The van der Waals surface area contributed by atoms with Crippen LogP contribution in [0.25, 0.3) is 93.6 Å². The average molecular weight is 675 g/mol. The fourth-order valence-electron chi connectivity index (χ4n) is 8.65. The first kappa shape index (κ1) is 29.4. The van der Waals surface area contributed by atoms with E-state index in [1.807, 2.05) is 12.1 Å². The maximum absolute atomic E-state index is 9.84. The molecule has 3 heterocycles. The van der Waals surface area contributed by atoms with E-state index in [4.69, 9.17) is 0 Å². The zero-order valence-corrected chi connectivity index (χ0v) is 28.6. The van der Waals surface area contributed by atoms with Gasteiger partial charge in [-0.25, -0.2) is 0 Å². The van der Waals surface area contributed by atoms with Crippen LogP contribution in [0.15, 0.2) is 182 Å². The van der Waals surface area contributed by atoms with Crippen molar-refractivity contribution in [2.24, 2.45) is 0 Å². The molecule has 4 heteroatoms. The highest BCUT2D eigenvalue weighted by atomic mass is 15.0. The smallest absolute Gasteiger partial charge is 0.0991 e. The summed E-state index contributed by atoms with van der Waals surface area (Å²) in [6.07, 6.45) is 0. The average Bonchev–Trinajstić information content (AvgIpc) is 3.86. The van der Waals surface area contributed by atoms with E-state index in [-0.39, 0.29) is 0 Å². The largest absolute Gasteiger partial charge is 0.309 e. The predicted molar refractivity (Wildman–Crippen MR) is 220 cm³/mol. The van der Waals surface area contributed by atoms with Gasteiger partial charge in [0.15, 0.2) is 0 Å². The van der Waals surface area contributed by atoms with E-state index in [2.05, 4.69) is 190 Å². The van der Waals surface area contributed by atoms with Crippen molar-refractivity contribution >= 4 is 65.4 Å². The Morgan fingerprint density at radius 2 is 0.642 bits per heavy atom. The minimum Gasteiger partial charge on any atom is -0.309 e. The van der Waals surface area contributed by atoms with E-state index >= 15 is 0 Å². The summed E-state index contributed by atoms with van der Waals surface area (Å²) in [6.45, 7) is 0. The first-order valence-electron chi connectivity index (χ1n) is 17.9. The molecule has 246 valence electrons. The van der Waals surface area contributed by atoms with Gasteiger partial charge in [0.1, 0.15) is 0 Å². The number of rotatable bonds is 4. The number of para-hydroxylation sites is 6. The lowest BCUT2D eigenvalue weighted by Gasteiger charge is -2.23. The molecular weight excluding hydrogens is 645 g/mol. The van der Waals surface area contributed by atoms with Gasteiger partial charge in [-0.1, -0.05) is 121 Å². The van der Waals surface area contributed by atoms with Crippen LogP contribution in [0.1, 0.15) is 5.56 Å². The second-order valence-electron chi connectivity index (χ2n) is 13.7. The van der Waals surface area contributed by atoms with Gasteiger partial charge >= 0.3 is 0 Å². The van der Waals surface area contributed by atoms with Crippen LogP contribution < -0.4 is 0 Å². The standard InChI is InChI=1S/C49H30N4/c50-31-32-25-27-33(28-26-32)49-47(52-43-21-9-3-15-37(43)38-16-4-10-22-44(38)52)29-34(51-41-19-7-1-13-35(41)36-14-2-8-20-42(36)51)30-48(49)53-45-23-11-5-17-39(45)40-18-6-12-24-46(40)53/h1-30H. The van der Waals surface area contributed by atoms with Gasteiger partial charge in [0.25, 0.3) is 0 Å². The van der Waals surface area contributed by atoms with E-state index in [9.17, 15) is 5.26 Å². The van der Waals surface area contributed by atoms with Crippen molar-refractivity contribution in [2.75, 3.05) is 0 Å². The van der Waals surface area contributed by atoms with Crippen LogP contribution in [-0.2, 0) is 0 Å². The van der Waals surface area contributed by atoms with Gasteiger partial charge in [-0.05, 0) is 66.2 Å².